The third-order valence-electron chi connectivity index (χ3n) is 6.54. The van der Waals surface area contributed by atoms with E-state index in [1.54, 1.807) is 96.5 Å². The minimum Gasteiger partial charge on any atom is -0.387 e. The van der Waals surface area contributed by atoms with Gasteiger partial charge in [0.05, 0.1) is 29.9 Å². The molecule has 0 radical (unpaired) electrons. The fraction of sp³-hybridized carbons (Fsp3) is 0.250. The molecule has 0 aliphatic heterocycles. The van der Waals surface area contributed by atoms with Crippen molar-refractivity contribution in [1.29, 1.82) is 0 Å². The van der Waals surface area contributed by atoms with E-state index >= 15 is 0 Å². The molecular formula is C36H58N24OS4. The molecule has 0 unspecified atom stereocenters. The third-order valence-corrected chi connectivity index (χ3v) is 9.51. The normalized spacial score (nSPS) is 8.75. The molecule has 29 heteroatoms. The topological polar surface area (TPSA) is 333 Å². The van der Waals surface area contributed by atoms with Crippen LogP contribution in [0.1, 0.15) is 0 Å². The predicted octanol–water partition coefficient (Wildman–Crippen LogP) is 5.75. The smallest absolute Gasteiger partial charge is 0.346 e. The number of nitrogens with zero attached hydrogens (tertiary/aromatic N) is 10. The molecule has 25 nitrogen and oxygen atoms in total. The Hall–Kier alpha value is -7.63. The molecule has 0 spiro atoms. The molecule has 352 valence electrons. The van der Waals surface area contributed by atoms with E-state index in [4.69, 9.17) is 0 Å². The summed E-state index contributed by atoms with van der Waals surface area (Å²) in [6, 6.07) is 3.65. The van der Waals surface area contributed by atoms with Crippen LogP contribution in [-0.2, 0) is 0 Å². The summed E-state index contributed by atoms with van der Waals surface area (Å²) in [5.74, 6) is 3.23. The lowest BCUT2D eigenvalue weighted by atomic mass is 10.5. The van der Waals surface area contributed by atoms with Gasteiger partial charge in [-0.15, -0.1) is 32.9 Å². The maximum atomic E-state index is 10.4. The summed E-state index contributed by atoms with van der Waals surface area (Å²) in [5.41, 5.74) is 4.28. The van der Waals surface area contributed by atoms with Crippen LogP contribution in [0.3, 0.4) is 0 Å². The van der Waals surface area contributed by atoms with Gasteiger partial charge in [-0.1, -0.05) is 11.3 Å². The molecule has 0 aliphatic carbocycles. The number of hydrogen-bond donors (Lipinski definition) is 14. The van der Waals surface area contributed by atoms with Crippen LogP contribution in [0.2, 0.25) is 0 Å². The van der Waals surface area contributed by atoms with Crippen molar-refractivity contribution < 1.29 is 0 Å². The minimum atomic E-state index is -0.332. The molecular weight excluding hydrogens is 913 g/mol. The van der Waals surface area contributed by atoms with Gasteiger partial charge in [-0.2, -0.15) is 4.37 Å². The van der Waals surface area contributed by atoms with Gasteiger partial charge >= 0.3 is 5.69 Å². The zero-order valence-electron chi connectivity index (χ0n) is 37.3. The molecule has 0 amide bonds. The molecule has 0 bridgehead atoms. The Morgan fingerprint density at radius 3 is 1.54 bits per heavy atom. The van der Waals surface area contributed by atoms with E-state index in [0.717, 1.165) is 43.8 Å². The summed E-state index contributed by atoms with van der Waals surface area (Å²) in [6.45, 7) is 0. The largest absolute Gasteiger partial charge is 0.387 e. The van der Waals surface area contributed by atoms with Crippen molar-refractivity contribution >= 4 is 95.2 Å². The number of thiazole rings is 2. The fourth-order valence-electron chi connectivity index (χ4n) is 3.44. The molecule has 65 heavy (non-hydrogen) atoms. The van der Waals surface area contributed by atoms with Crippen LogP contribution in [0.5, 0.6) is 0 Å². The molecule has 0 atom stereocenters. The molecule has 0 saturated carbocycles. The standard InChI is InChI=1S/C5H7N3O.C5H8N2.3C4H7N3.2C4H6N2S.2C3H5N3S/c1-6-4-2-3-7-5(9)8-4;1-6-5-2-3-7-4-5;1-5-4-2-6-3-7-4;2*1-5-4-6-2-3-7-4;1-5-4-2-6-3-7-4;1-5-4-6-2-3-7-4;1-4-3-6-5-2-7-3;1-4-3-5-2-6-7-3/h2-3H,1H3,(H2,6,7,8,9);2-4,6-7H,1H3;2-3,5H,1H3,(H,6,7);2*2-3H,1H3,(H2,5,6,7);2-3,5H,1H3;2-3H,1H3,(H,5,6);2H,1H3,(H,4,6);2H,1H3,(H,4,5,6). The maximum absolute atomic E-state index is 10.4. The van der Waals surface area contributed by atoms with Gasteiger partial charge in [-0.05, 0) is 12.1 Å². The van der Waals surface area contributed by atoms with E-state index in [9.17, 15) is 4.79 Å². The fourth-order valence-corrected chi connectivity index (χ4v) is 5.19. The second-order valence-electron chi connectivity index (χ2n) is 10.7. The van der Waals surface area contributed by atoms with Crippen molar-refractivity contribution in [3.8, 4) is 0 Å². The Kier molecular flexibility index (Phi) is 32.4. The zero-order chi connectivity index (χ0) is 47.6. The average Bonchev–Trinajstić information content (AvgIpc) is 4.21. The van der Waals surface area contributed by atoms with Crippen molar-refractivity contribution in [2.24, 2.45) is 0 Å². The van der Waals surface area contributed by atoms with Gasteiger partial charge in [0.25, 0.3) is 0 Å². The van der Waals surface area contributed by atoms with E-state index < -0.39 is 0 Å². The Morgan fingerprint density at radius 2 is 1.26 bits per heavy atom. The molecule has 0 fully saturated rings. The Labute approximate surface area is 392 Å². The number of nitrogens with one attached hydrogen (secondary N) is 14. The first-order valence-corrected chi connectivity index (χ1v) is 22.3. The molecule has 9 rings (SSSR count). The van der Waals surface area contributed by atoms with E-state index in [0.29, 0.717) is 5.82 Å². The minimum absolute atomic E-state index is 0.332. The number of rotatable bonds is 9. The van der Waals surface area contributed by atoms with Crippen molar-refractivity contribution in [2.75, 3.05) is 111 Å². The van der Waals surface area contributed by atoms with Crippen LogP contribution in [-0.4, -0.2) is 138 Å². The number of imidazole rings is 3. The summed E-state index contributed by atoms with van der Waals surface area (Å²) in [5, 5.41) is 38.9. The van der Waals surface area contributed by atoms with Gasteiger partial charge in [0, 0.05) is 130 Å². The van der Waals surface area contributed by atoms with Crippen molar-refractivity contribution in [3.05, 3.63) is 114 Å². The first-order chi connectivity index (χ1) is 31.8. The highest BCUT2D eigenvalue weighted by molar-refractivity contribution is 7.14. The monoisotopic (exact) mass is 970 g/mol. The zero-order valence-corrected chi connectivity index (χ0v) is 40.6. The van der Waals surface area contributed by atoms with Crippen molar-refractivity contribution in [3.63, 3.8) is 0 Å². The number of H-pyrrole nitrogens is 5. The maximum Gasteiger partial charge on any atom is 0.346 e. The van der Waals surface area contributed by atoms with E-state index in [2.05, 4.69) is 122 Å². The lowest BCUT2D eigenvalue weighted by molar-refractivity contribution is 1.07. The van der Waals surface area contributed by atoms with Crippen LogP contribution in [0.25, 0.3) is 0 Å². The first-order valence-electron chi connectivity index (χ1n) is 18.8. The molecule has 14 N–H and O–H groups in total. The number of hydrogen-bond acceptors (Lipinski definition) is 24. The highest BCUT2D eigenvalue weighted by atomic mass is 32.1. The van der Waals surface area contributed by atoms with Gasteiger partial charge in [0.2, 0.25) is 10.3 Å². The van der Waals surface area contributed by atoms with Crippen molar-refractivity contribution in [2.45, 2.75) is 0 Å². The summed E-state index contributed by atoms with van der Waals surface area (Å²) in [4.78, 5) is 51.0. The summed E-state index contributed by atoms with van der Waals surface area (Å²) < 4.78 is 3.76. The molecule has 9 aromatic heterocycles. The lowest BCUT2D eigenvalue weighted by Crippen LogP contribution is -2.10. The number of aromatic amines is 5. The van der Waals surface area contributed by atoms with Crippen LogP contribution < -0.4 is 53.5 Å². The molecule has 0 saturated heterocycles. The summed E-state index contributed by atoms with van der Waals surface area (Å²) >= 11 is 6.04. The average molecular weight is 971 g/mol. The van der Waals surface area contributed by atoms with Crippen LogP contribution in [0, 0.1) is 0 Å². The SMILES string of the molecule is CNc1cc[nH]c1.CNc1ccnc(=O)[nH]1.CNc1cnc[nH]1.CNc1cncs1.CNc1ncc[nH]1.CNc1ncc[nH]1.CNc1nccs1.CNc1ncns1.CNc1nncs1. The Morgan fingerprint density at radius 1 is 0.554 bits per heavy atom. The molecule has 0 aliphatic rings. The van der Waals surface area contributed by atoms with Crippen LogP contribution in [0.15, 0.2) is 108 Å². The quantitative estimate of drug-likeness (QED) is 0.0818. The number of anilines is 9. The van der Waals surface area contributed by atoms with Gasteiger partial charge in [0.1, 0.15) is 28.5 Å². The second-order valence-corrected chi connectivity index (χ2v) is 14.1. The Balaban J connectivity index is 0.000000366. The van der Waals surface area contributed by atoms with Gasteiger partial charge in [0.15, 0.2) is 17.0 Å². The molecule has 0 aromatic carbocycles. The van der Waals surface area contributed by atoms with E-state index in [-0.39, 0.29) is 5.69 Å². The Bertz CT molecular complexity index is 1860. The van der Waals surface area contributed by atoms with Gasteiger partial charge in [-0.3, -0.25) is 9.97 Å². The van der Waals surface area contributed by atoms with Crippen LogP contribution in [0.4, 0.5) is 49.6 Å². The van der Waals surface area contributed by atoms with Crippen molar-refractivity contribution in [1.82, 2.24) is 74.4 Å². The van der Waals surface area contributed by atoms with Gasteiger partial charge < -0.3 is 67.8 Å². The summed E-state index contributed by atoms with van der Waals surface area (Å²) in [6.07, 6.45) is 20.6. The highest BCUT2D eigenvalue weighted by Gasteiger charge is 1.88. The predicted molar refractivity (Wildman–Crippen MR) is 271 cm³/mol. The highest BCUT2D eigenvalue weighted by Crippen LogP contribution is 2.10. The number of aromatic nitrogens is 15. The lowest BCUT2D eigenvalue weighted by Gasteiger charge is -1.94. The second kappa shape index (κ2) is 38.1. The van der Waals surface area contributed by atoms with E-state index in [1.807, 2.05) is 80.2 Å². The first kappa shape index (κ1) is 55.4. The summed E-state index contributed by atoms with van der Waals surface area (Å²) in [7, 11) is 16.5. The molecule has 9 aromatic rings. The van der Waals surface area contributed by atoms with Crippen LogP contribution >= 0.6 is 45.5 Å². The van der Waals surface area contributed by atoms with E-state index in [1.165, 1.54) is 35.4 Å². The molecule has 9 heterocycles. The van der Waals surface area contributed by atoms with Gasteiger partial charge in [-0.25, -0.2) is 34.7 Å². The third kappa shape index (κ3) is 28.6.